The van der Waals surface area contributed by atoms with Crippen molar-refractivity contribution in [1.29, 1.82) is 0 Å². The molecule has 278 valence electrons. The van der Waals surface area contributed by atoms with Crippen LogP contribution in [0.3, 0.4) is 0 Å². The molecule has 0 aromatic heterocycles. The second kappa shape index (κ2) is 16.6. The predicted octanol–water partition coefficient (Wildman–Crippen LogP) is 4.47. The van der Waals surface area contributed by atoms with Crippen molar-refractivity contribution >= 4 is 55.3 Å². The fourth-order valence-corrected chi connectivity index (χ4v) is 6.12. The summed E-state index contributed by atoms with van der Waals surface area (Å²) in [5.41, 5.74) is -6.90. The Bertz CT molecular complexity index is 1930. The summed E-state index contributed by atoms with van der Waals surface area (Å²) in [5, 5.41) is 46.9. The van der Waals surface area contributed by atoms with Gasteiger partial charge in [-0.05, 0) is 44.2 Å². The molecule has 0 aliphatic heterocycles. The van der Waals surface area contributed by atoms with Crippen molar-refractivity contribution in [3.8, 4) is 0 Å². The van der Waals surface area contributed by atoms with E-state index >= 15 is 0 Å². The lowest BCUT2D eigenvalue weighted by molar-refractivity contribution is -0.397. The van der Waals surface area contributed by atoms with Crippen LogP contribution in [0, 0.1) is 40.5 Å². The van der Waals surface area contributed by atoms with Crippen LogP contribution in [0.2, 0.25) is 0 Å². The van der Waals surface area contributed by atoms with Crippen LogP contribution in [-0.4, -0.2) is 62.1 Å². The lowest BCUT2D eigenvalue weighted by Crippen LogP contribution is -2.22. The zero-order chi connectivity index (χ0) is 39.0. The second-order valence-electron chi connectivity index (χ2n) is 9.29. The van der Waals surface area contributed by atoms with E-state index in [0.29, 0.717) is 42.5 Å². The third-order valence-corrected chi connectivity index (χ3v) is 8.64. The smallest absolute Gasteiger partial charge is 0.435 e. The van der Waals surface area contributed by atoms with Gasteiger partial charge < -0.3 is 18.9 Å². The van der Waals surface area contributed by atoms with Crippen LogP contribution < -0.4 is 0 Å². The van der Waals surface area contributed by atoms with E-state index in [1.54, 1.807) is 0 Å². The normalized spacial score (nSPS) is 12.5. The molecule has 0 spiro atoms. The van der Waals surface area contributed by atoms with Gasteiger partial charge in [-0.2, -0.15) is 16.8 Å². The number of nitro benzene ring substituents is 4. The van der Waals surface area contributed by atoms with Crippen molar-refractivity contribution in [2.75, 3.05) is 13.2 Å². The van der Waals surface area contributed by atoms with Crippen molar-refractivity contribution in [1.82, 2.24) is 0 Å². The Morgan fingerprint density at radius 3 is 1.13 bits per heavy atom. The molecule has 0 aliphatic carbocycles. The van der Waals surface area contributed by atoms with E-state index in [0.717, 1.165) is 18.2 Å². The molecule has 26 heteroatoms. The maximum Gasteiger partial charge on any atom is 0.510 e. The number of carbonyl (C=O) groups excluding carboxylic acids is 2. The Labute approximate surface area is 290 Å². The van der Waals surface area contributed by atoms with E-state index in [-0.39, 0.29) is 13.2 Å². The van der Waals surface area contributed by atoms with Crippen molar-refractivity contribution < 1.29 is 73.4 Å². The Kier molecular flexibility index (Phi) is 12.7. The zero-order valence-electron chi connectivity index (χ0n) is 26.1. The average Bonchev–Trinajstić information content (AvgIpc) is 3.06. The molecule has 0 heterocycles. The summed E-state index contributed by atoms with van der Waals surface area (Å²) in [4.78, 5) is 64.3. The molecule has 2 atom stereocenters. The Morgan fingerprint density at radius 2 is 0.865 bits per heavy atom. The molecule has 0 fully saturated rings. The van der Waals surface area contributed by atoms with Crippen LogP contribution in [0.1, 0.15) is 37.6 Å². The number of benzene rings is 3. The van der Waals surface area contributed by atoms with E-state index in [4.69, 9.17) is 17.8 Å². The summed E-state index contributed by atoms with van der Waals surface area (Å²) >= 11 is 0. The molecular weight excluding hydrogens is 752 g/mol. The first kappa shape index (κ1) is 40.1. The highest BCUT2D eigenvalue weighted by Gasteiger charge is 2.41. The lowest BCUT2D eigenvalue weighted by Gasteiger charge is -2.19. The van der Waals surface area contributed by atoms with Crippen LogP contribution in [0.4, 0.5) is 32.3 Å². The van der Waals surface area contributed by atoms with Crippen molar-refractivity contribution in [3.05, 3.63) is 112 Å². The highest BCUT2D eigenvalue weighted by atomic mass is 32.2. The molecule has 3 aromatic carbocycles. The Morgan fingerprint density at radius 1 is 0.577 bits per heavy atom. The largest absolute Gasteiger partial charge is 0.510 e. The van der Waals surface area contributed by atoms with Crippen LogP contribution in [0.25, 0.3) is 0 Å². The van der Waals surface area contributed by atoms with Gasteiger partial charge in [0.2, 0.25) is 0 Å². The molecule has 2 unspecified atom stereocenters. The van der Waals surface area contributed by atoms with Gasteiger partial charge in [0.1, 0.15) is 0 Å². The van der Waals surface area contributed by atoms with E-state index in [1.165, 1.54) is 13.8 Å². The molecule has 0 bridgehead atoms. The quantitative estimate of drug-likeness (QED) is 0.0636. The van der Waals surface area contributed by atoms with Crippen molar-refractivity contribution in [2.45, 2.75) is 36.2 Å². The number of nitro groups is 4. The van der Waals surface area contributed by atoms with Gasteiger partial charge in [-0.1, -0.05) is 6.07 Å². The minimum absolute atomic E-state index is 0.315. The SMILES string of the molecule is CCOC(=O)OC(OS(=O)(=O)c1cccc(S(=O)(=O)OC(OC(=O)OCC)c2c([N+](=O)[O-])cccc2[N+](=O)[O-])c1)c1c([N+](=O)[O-])cccc1[N+](=O)[O-]. The van der Waals surface area contributed by atoms with Crippen molar-refractivity contribution in [2.24, 2.45) is 0 Å². The van der Waals surface area contributed by atoms with Gasteiger partial charge in [0.05, 0.1) is 42.7 Å². The van der Waals surface area contributed by atoms with Gasteiger partial charge >= 0.3 is 32.5 Å². The van der Waals surface area contributed by atoms with Crippen LogP contribution in [0.15, 0.2) is 70.5 Å². The molecule has 24 nitrogen and oxygen atoms in total. The minimum Gasteiger partial charge on any atom is -0.435 e. The van der Waals surface area contributed by atoms with Gasteiger partial charge in [-0.15, -0.1) is 0 Å². The average molecular weight is 775 g/mol. The predicted molar refractivity (Wildman–Crippen MR) is 164 cm³/mol. The fourth-order valence-electron chi connectivity index (χ4n) is 4.06. The lowest BCUT2D eigenvalue weighted by atomic mass is 10.1. The fraction of sp³-hybridized carbons (Fsp3) is 0.231. The number of nitrogens with zero attached hydrogens (tertiary/aromatic N) is 4. The molecule has 3 aromatic rings. The first-order chi connectivity index (χ1) is 24.3. The van der Waals surface area contributed by atoms with Gasteiger partial charge in [-0.3, -0.25) is 40.5 Å². The summed E-state index contributed by atoms with van der Waals surface area (Å²) in [7, 11) is -10.9. The maximum absolute atomic E-state index is 13.4. The number of rotatable bonds is 16. The highest BCUT2D eigenvalue weighted by molar-refractivity contribution is 7.87. The van der Waals surface area contributed by atoms with Crippen LogP contribution in [0.5, 0.6) is 0 Å². The van der Waals surface area contributed by atoms with Crippen molar-refractivity contribution in [3.63, 3.8) is 0 Å². The first-order valence-electron chi connectivity index (χ1n) is 13.8. The van der Waals surface area contributed by atoms with Gasteiger partial charge in [-0.25, -0.2) is 18.0 Å². The molecule has 0 radical (unpaired) electrons. The molecule has 0 amide bonds. The summed E-state index contributed by atoms with van der Waals surface area (Å²) in [6.45, 7) is 1.80. The third kappa shape index (κ3) is 9.44. The molecule has 0 saturated heterocycles. The summed E-state index contributed by atoms with van der Waals surface area (Å²) < 4.78 is 82.0. The van der Waals surface area contributed by atoms with E-state index in [1.807, 2.05) is 0 Å². The van der Waals surface area contributed by atoms with Gasteiger partial charge in [0.15, 0.2) is 11.1 Å². The van der Waals surface area contributed by atoms with Gasteiger partial charge in [0.25, 0.3) is 35.3 Å². The number of hydrogen-bond acceptors (Lipinski definition) is 20. The maximum atomic E-state index is 13.4. The number of carbonyl (C=O) groups is 2. The molecule has 0 aliphatic rings. The highest BCUT2D eigenvalue weighted by Crippen LogP contribution is 2.40. The third-order valence-electron chi connectivity index (χ3n) is 6.12. The minimum atomic E-state index is -5.46. The van der Waals surface area contributed by atoms with E-state index in [2.05, 4.69) is 9.47 Å². The van der Waals surface area contributed by atoms with Gasteiger partial charge in [0, 0.05) is 24.3 Å². The monoisotopic (exact) mass is 774 g/mol. The summed E-state index contributed by atoms with van der Waals surface area (Å²) in [5.74, 6) is 0. The molecule has 52 heavy (non-hydrogen) atoms. The molecule has 3 rings (SSSR count). The first-order valence-corrected chi connectivity index (χ1v) is 16.6. The second-order valence-corrected chi connectivity index (χ2v) is 12.4. The van der Waals surface area contributed by atoms with Crippen LogP contribution >= 0.6 is 0 Å². The molecule has 0 N–H and O–H groups in total. The number of ether oxygens (including phenoxy) is 4. The van der Waals surface area contributed by atoms with E-state index < -0.39 is 108 Å². The molecular formula is C26H22N4O20S2. The van der Waals surface area contributed by atoms with E-state index in [9.17, 15) is 66.9 Å². The summed E-state index contributed by atoms with van der Waals surface area (Å²) in [6.07, 6.45) is -8.97. The number of hydrogen-bond donors (Lipinski definition) is 0. The Balaban J connectivity index is 2.15. The standard InChI is InChI=1S/C26H22N4O20S2/c1-3-45-25(31)47-23(21-17(27(33)34)10-6-11-18(21)28(35)36)49-51(41,42)15-8-5-9-16(14-15)52(43,44)50-24(48-26(32)46-4-2)22-19(29(37)38)12-7-13-20(22)30(39)40/h5-14,23-24H,3-4H2,1-2H3. The Hall–Kier alpha value is -6.38. The summed E-state index contributed by atoms with van der Waals surface area (Å²) in [6, 6.07) is 6.95. The van der Waals surface area contributed by atoms with Crippen LogP contribution in [-0.2, 0) is 47.5 Å². The molecule has 0 saturated carbocycles. The topological polar surface area (TPSA) is 330 Å². The zero-order valence-corrected chi connectivity index (χ0v) is 27.7.